The van der Waals surface area contributed by atoms with Gasteiger partial charge in [-0.3, -0.25) is 0 Å². The van der Waals surface area contributed by atoms with Gasteiger partial charge in [-0.2, -0.15) is 0 Å². The Morgan fingerprint density at radius 1 is 0.476 bits per heavy atom. The van der Waals surface area contributed by atoms with Gasteiger partial charge in [0.15, 0.2) is 0 Å². The molecule has 102 valence electrons. The van der Waals surface area contributed by atoms with Crippen molar-refractivity contribution >= 4 is 11.3 Å². The zero-order chi connectivity index (χ0) is 14.5. The van der Waals surface area contributed by atoms with Gasteiger partial charge < -0.3 is 5.73 Å². The van der Waals surface area contributed by atoms with Crippen molar-refractivity contribution in [2.75, 3.05) is 0 Å². The summed E-state index contributed by atoms with van der Waals surface area (Å²) in [5.41, 5.74) is 11.7. The molecule has 3 aromatic carbocycles. The average molecular weight is 271 g/mol. The van der Waals surface area contributed by atoms with Crippen LogP contribution in [0, 0.1) is 0 Å². The van der Waals surface area contributed by atoms with Crippen LogP contribution in [0.1, 0.15) is 16.7 Å². The summed E-state index contributed by atoms with van der Waals surface area (Å²) >= 11 is 0. The van der Waals surface area contributed by atoms with Crippen molar-refractivity contribution in [1.82, 2.24) is 0 Å². The molecule has 1 heteroatoms. The zero-order valence-electron chi connectivity index (χ0n) is 11.7. The topological polar surface area (TPSA) is 26.0 Å². The van der Waals surface area contributed by atoms with E-state index in [4.69, 9.17) is 5.73 Å². The third-order valence-electron chi connectivity index (χ3n) is 3.48. The van der Waals surface area contributed by atoms with E-state index in [1.807, 2.05) is 66.7 Å². The molecule has 0 heterocycles. The largest absolute Gasteiger partial charge is 0.398 e. The highest BCUT2D eigenvalue weighted by atomic mass is 14.6. The van der Waals surface area contributed by atoms with Gasteiger partial charge in [-0.1, -0.05) is 91.0 Å². The SMILES string of the molecule is NC(=C(c1ccccc1)c1ccccc1)c1ccccc1. The quantitative estimate of drug-likeness (QED) is 0.694. The lowest BCUT2D eigenvalue weighted by Crippen LogP contribution is -2.02. The maximum Gasteiger partial charge on any atom is 0.0473 e. The molecule has 2 N–H and O–H groups in total. The smallest absolute Gasteiger partial charge is 0.0473 e. The van der Waals surface area contributed by atoms with Crippen LogP contribution in [-0.2, 0) is 0 Å². The lowest BCUT2D eigenvalue weighted by molar-refractivity contribution is 1.47. The fraction of sp³-hybridized carbons (Fsp3) is 0. The van der Waals surface area contributed by atoms with Gasteiger partial charge in [0.05, 0.1) is 0 Å². The highest BCUT2D eigenvalue weighted by Crippen LogP contribution is 2.29. The van der Waals surface area contributed by atoms with Crippen molar-refractivity contribution in [2.24, 2.45) is 5.73 Å². The molecule has 0 bridgehead atoms. The predicted molar refractivity (Wildman–Crippen MR) is 89.4 cm³/mol. The summed E-state index contributed by atoms with van der Waals surface area (Å²) in [6, 6.07) is 30.7. The van der Waals surface area contributed by atoms with E-state index in [-0.39, 0.29) is 0 Å². The molecule has 0 aliphatic carbocycles. The fourth-order valence-electron chi connectivity index (χ4n) is 2.45. The van der Waals surface area contributed by atoms with Gasteiger partial charge in [-0.15, -0.1) is 0 Å². The molecule has 0 radical (unpaired) electrons. The average Bonchev–Trinajstić information content (AvgIpc) is 2.58. The second-order valence-electron chi connectivity index (χ2n) is 4.89. The molecule has 0 unspecified atom stereocenters. The number of hydrogen-bond donors (Lipinski definition) is 1. The highest BCUT2D eigenvalue weighted by molar-refractivity contribution is 5.97. The molecule has 0 atom stereocenters. The van der Waals surface area contributed by atoms with Crippen molar-refractivity contribution in [3.8, 4) is 0 Å². The van der Waals surface area contributed by atoms with Crippen LogP contribution in [-0.4, -0.2) is 0 Å². The number of nitrogens with two attached hydrogens (primary N) is 1. The Morgan fingerprint density at radius 2 is 0.810 bits per heavy atom. The van der Waals surface area contributed by atoms with E-state index in [1.165, 1.54) is 0 Å². The first-order chi connectivity index (χ1) is 10.4. The third-order valence-corrected chi connectivity index (χ3v) is 3.48. The molecule has 0 spiro atoms. The van der Waals surface area contributed by atoms with Crippen LogP contribution in [0.15, 0.2) is 91.0 Å². The number of benzene rings is 3. The van der Waals surface area contributed by atoms with E-state index in [2.05, 4.69) is 24.3 Å². The van der Waals surface area contributed by atoms with Crippen molar-refractivity contribution < 1.29 is 0 Å². The first-order valence-corrected chi connectivity index (χ1v) is 7.02. The van der Waals surface area contributed by atoms with Crippen LogP contribution in [0.3, 0.4) is 0 Å². The highest BCUT2D eigenvalue weighted by Gasteiger charge is 2.10. The summed E-state index contributed by atoms with van der Waals surface area (Å²) < 4.78 is 0. The van der Waals surface area contributed by atoms with Crippen LogP contribution >= 0.6 is 0 Å². The Kier molecular flexibility index (Phi) is 3.83. The van der Waals surface area contributed by atoms with Gasteiger partial charge in [0.25, 0.3) is 0 Å². The first-order valence-electron chi connectivity index (χ1n) is 7.02. The zero-order valence-corrected chi connectivity index (χ0v) is 11.7. The van der Waals surface area contributed by atoms with Crippen LogP contribution in [0.25, 0.3) is 11.3 Å². The molecule has 0 aliphatic rings. The number of hydrogen-bond acceptors (Lipinski definition) is 1. The molecular weight excluding hydrogens is 254 g/mol. The lowest BCUT2D eigenvalue weighted by Gasteiger charge is -2.13. The summed E-state index contributed by atoms with van der Waals surface area (Å²) in [7, 11) is 0. The molecule has 3 aromatic rings. The van der Waals surface area contributed by atoms with Gasteiger partial charge in [-0.05, 0) is 16.7 Å². The van der Waals surface area contributed by atoms with Crippen molar-refractivity contribution in [3.05, 3.63) is 108 Å². The van der Waals surface area contributed by atoms with E-state index in [0.717, 1.165) is 28.0 Å². The molecule has 0 fully saturated rings. The summed E-state index contributed by atoms with van der Waals surface area (Å²) in [5.74, 6) is 0. The Bertz CT molecular complexity index is 687. The maximum atomic E-state index is 6.48. The van der Waals surface area contributed by atoms with Crippen LogP contribution in [0.4, 0.5) is 0 Å². The molecule has 0 aromatic heterocycles. The van der Waals surface area contributed by atoms with E-state index >= 15 is 0 Å². The standard InChI is InChI=1S/C20H17N/c21-20(18-14-8-3-9-15-18)19(16-10-4-1-5-11-16)17-12-6-2-7-13-17/h1-15H,21H2. The monoisotopic (exact) mass is 271 g/mol. The minimum absolute atomic E-state index is 0.799. The van der Waals surface area contributed by atoms with Crippen LogP contribution in [0.2, 0.25) is 0 Å². The van der Waals surface area contributed by atoms with Gasteiger partial charge in [0.2, 0.25) is 0 Å². The Labute approximate surface area is 125 Å². The molecule has 21 heavy (non-hydrogen) atoms. The maximum absolute atomic E-state index is 6.48. The minimum Gasteiger partial charge on any atom is -0.398 e. The summed E-state index contributed by atoms with van der Waals surface area (Å²) in [4.78, 5) is 0. The summed E-state index contributed by atoms with van der Waals surface area (Å²) in [6.07, 6.45) is 0. The van der Waals surface area contributed by atoms with E-state index in [0.29, 0.717) is 0 Å². The van der Waals surface area contributed by atoms with Crippen molar-refractivity contribution in [1.29, 1.82) is 0 Å². The molecule has 0 saturated carbocycles. The Morgan fingerprint density at radius 3 is 1.19 bits per heavy atom. The van der Waals surface area contributed by atoms with Gasteiger partial charge in [0.1, 0.15) is 0 Å². The van der Waals surface area contributed by atoms with Crippen LogP contribution in [0.5, 0.6) is 0 Å². The molecule has 0 saturated heterocycles. The second kappa shape index (κ2) is 6.10. The molecular formula is C20H17N. The normalized spacial score (nSPS) is 10.1. The fourth-order valence-corrected chi connectivity index (χ4v) is 2.45. The van der Waals surface area contributed by atoms with Crippen molar-refractivity contribution in [2.45, 2.75) is 0 Å². The van der Waals surface area contributed by atoms with Gasteiger partial charge in [-0.25, -0.2) is 0 Å². The first kappa shape index (κ1) is 13.2. The van der Waals surface area contributed by atoms with E-state index < -0.39 is 0 Å². The van der Waals surface area contributed by atoms with Crippen LogP contribution < -0.4 is 5.73 Å². The third kappa shape index (κ3) is 2.87. The predicted octanol–water partition coefficient (Wildman–Crippen LogP) is 4.56. The summed E-state index contributed by atoms with van der Waals surface area (Å²) in [6.45, 7) is 0. The van der Waals surface area contributed by atoms with E-state index in [1.54, 1.807) is 0 Å². The molecule has 0 amide bonds. The Hall–Kier alpha value is -2.80. The lowest BCUT2D eigenvalue weighted by atomic mass is 9.93. The van der Waals surface area contributed by atoms with Crippen molar-refractivity contribution in [3.63, 3.8) is 0 Å². The second-order valence-corrected chi connectivity index (χ2v) is 4.89. The Balaban J connectivity index is 2.22. The minimum atomic E-state index is 0.799. The molecule has 0 aliphatic heterocycles. The van der Waals surface area contributed by atoms with Gasteiger partial charge >= 0.3 is 0 Å². The molecule has 1 nitrogen and oxygen atoms in total. The summed E-state index contributed by atoms with van der Waals surface area (Å²) in [5, 5.41) is 0. The molecule has 3 rings (SSSR count). The number of rotatable bonds is 3. The van der Waals surface area contributed by atoms with Gasteiger partial charge in [0, 0.05) is 11.3 Å². The van der Waals surface area contributed by atoms with E-state index in [9.17, 15) is 0 Å².